The summed E-state index contributed by atoms with van der Waals surface area (Å²) in [6.07, 6.45) is 0.229. The third kappa shape index (κ3) is 2.62. The standard InChI is InChI=1S/C13H11Cl2FN2/c1-7-8(2)17-12(18-13(7)15)6-9-10(14)4-3-5-11(9)16/h3-5H,6H2,1-2H3. The Balaban J connectivity index is 2.41. The normalized spacial score (nSPS) is 10.7. The van der Waals surface area contributed by atoms with Crippen LogP contribution in [0.15, 0.2) is 18.2 Å². The van der Waals surface area contributed by atoms with Gasteiger partial charge in [0.05, 0.1) is 0 Å². The van der Waals surface area contributed by atoms with Gasteiger partial charge in [0, 0.05) is 28.3 Å². The van der Waals surface area contributed by atoms with E-state index < -0.39 is 0 Å². The van der Waals surface area contributed by atoms with Crippen LogP contribution >= 0.6 is 23.2 Å². The highest BCUT2D eigenvalue weighted by atomic mass is 35.5. The molecule has 0 aliphatic carbocycles. The van der Waals surface area contributed by atoms with Crippen molar-refractivity contribution in [2.24, 2.45) is 0 Å². The Bertz CT molecular complexity index is 556. The Morgan fingerprint density at radius 1 is 1.17 bits per heavy atom. The van der Waals surface area contributed by atoms with E-state index in [1.165, 1.54) is 6.07 Å². The van der Waals surface area contributed by atoms with E-state index >= 15 is 0 Å². The fourth-order valence-corrected chi connectivity index (χ4v) is 2.05. The number of benzene rings is 1. The van der Waals surface area contributed by atoms with Gasteiger partial charge in [0.25, 0.3) is 0 Å². The smallest absolute Gasteiger partial charge is 0.135 e. The van der Waals surface area contributed by atoms with Crippen molar-refractivity contribution in [2.45, 2.75) is 20.3 Å². The van der Waals surface area contributed by atoms with Crippen molar-refractivity contribution in [1.29, 1.82) is 0 Å². The number of aryl methyl sites for hydroxylation is 1. The summed E-state index contributed by atoms with van der Waals surface area (Å²) in [5, 5.41) is 0.762. The first kappa shape index (κ1) is 13.2. The summed E-state index contributed by atoms with van der Waals surface area (Å²) < 4.78 is 13.6. The maximum Gasteiger partial charge on any atom is 0.135 e. The average Bonchev–Trinajstić information content (AvgIpc) is 2.31. The van der Waals surface area contributed by atoms with E-state index in [2.05, 4.69) is 9.97 Å². The van der Waals surface area contributed by atoms with Crippen molar-refractivity contribution in [3.63, 3.8) is 0 Å². The van der Waals surface area contributed by atoms with Crippen LogP contribution in [0.2, 0.25) is 10.2 Å². The van der Waals surface area contributed by atoms with Crippen molar-refractivity contribution < 1.29 is 4.39 Å². The lowest BCUT2D eigenvalue weighted by Gasteiger charge is -2.08. The molecular weight excluding hydrogens is 274 g/mol. The highest BCUT2D eigenvalue weighted by Crippen LogP contribution is 2.22. The second-order valence-electron chi connectivity index (χ2n) is 4.02. The SMILES string of the molecule is Cc1nc(Cc2c(F)cccc2Cl)nc(Cl)c1C. The summed E-state index contributed by atoms with van der Waals surface area (Å²) in [6, 6.07) is 4.57. The summed E-state index contributed by atoms with van der Waals surface area (Å²) in [5.41, 5.74) is 2.01. The molecule has 1 aromatic heterocycles. The van der Waals surface area contributed by atoms with E-state index in [1.54, 1.807) is 12.1 Å². The van der Waals surface area contributed by atoms with Crippen LogP contribution in [0.3, 0.4) is 0 Å². The third-order valence-corrected chi connectivity index (χ3v) is 3.49. The zero-order valence-corrected chi connectivity index (χ0v) is 11.5. The van der Waals surface area contributed by atoms with Gasteiger partial charge in [-0.3, -0.25) is 0 Å². The van der Waals surface area contributed by atoms with Crippen LogP contribution in [0.4, 0.5) is 4.39 Å². The lowest BCUT2D eigenvalue weighted by molar-refractivity contribution is 0.612. The molecule has 0 aliphatic heterocycles. The molecule has 0 amide bonds. The minimum Gasteiger partial charge on any atom is -0.238 e. The minimum absolute atomic E-state index is 0.229. The van der Waals surface area contributed by atoms with E-state index in [1.807, 2.05) is 13.8 Å². The molecule has 0 fully saturated rings. The molecule has 0 N–H and O–H groups in total. The van der Waals surface area contributed by atoms with E-state index in [0.717, 1.165) is 11.3 Å². The second-order valence-corrected chi connectivity index (χ2v) is 4.78. The Morgan fingerprint density at radius 3 is 2.50 bits per heavy atom. The first-order chi connectivity index (χ1) is 8.49. The molecule has 5 heteroatoms. The van der Waals surface area contributed by atoms with Crippen molar-refractivity contribution in [3.05, 3.63) is 56.8 Å². The minimum atomic E-state index is -0.361. The molecule has 0 saturated carbocycles. The predicted octanol–water partition coefficient (Wildman–Crippen LogP) is 4.13. The largest absolute Gasteiger partial charge is 0.238 e. The number of rotatable bonds is 2. The third-order valence-electron chi connectivity index (χ3n) is 2.77. The molecule has 1 heterocycles. The van der Waals surface area contributed by atoms with E-state index in [9.17, 15) is 4.39 Å². The Labute approximate surface area is 115 Å². The van der Waals surface area contributed by atoms with Gasteiger partial charge in [0.2, 0.25) is 0 Å². The maximum atomic E-state index is 13.6. The summed E-state index contributed by atoms with van der Waals surface area (Å²) in [7, 11) is 0. The number of hydrogen-bond acceptors (Lipinski definition) is 2. The molecule has 2 rings (SSSR count). The first-order valence-corrected chi connectivity index (χ1v) is 6.17. The number of halogens is 3. The van der Waals surface area contributed by atoms with Crippen LogP contribution in [0.1, 0.15) is 22.6 Å². The Kier molecular flexibility index (Phi) is 3.83. The molecule has 0 bridgehead atoms. The molecule has 0 unspecified atom stereocenters. The van der Waals surface area contributed by atoms with Crippen LogP contribution in [-0.4, -0.2) is 9.97 Å². The topological polar surface area (TPSA) is 25.8 Å². The first-order valence-electron chi connectivity index (χ1n) is 5.41. The van der Waals surface area contributed by atoms with Crippen LogP contribution in [0, 0.1) is 19.7 Å². The van der Waals surface area contributed by atoms with Crippen LogP contribution < -0.4 is 0 Å². The van der Waals surface area contributed by atoms with Crippen molar-refractivity contribution in [2.75, 3.05) is 0 Å². The van der Waals surface area contributed by atoms with Gasteiger partial charge >= 0.3 is 0 Å². The Morgan fingerprint density at radius 2 is 1.89 bits per heavy atom. The van der Waals surface area contributed by atoms with Crippen molar-refractivity contribution >= 4 is 23.2 Å². The molecule has 2 nitrogen and oxygen atoms in total. The molecule has 0 spiro atoms. The van der Waals surface area contributed by atoms with E-state index in [-0.39, 0.29) is 12.2 Å². The molecule has 94 valence electrons. The highest BCUT2D eigenvalue weighted by molar-refractivity contribution is 6.31. The Hall–Kier alpha value is -1.19. The van der Waals surface area contributed by atoms with E-state index in [4.69, 9.17) is 23.2 Å². The summed E-state index contributed by atoms with van der Waals surface area (Å²) in [6.45, 7) is 3.69. The monoisotopic (exact) mass is 284 g/mol. The van der Waals surface area contributed by atoms with Gasteiger partial charge in [-0.15, -0.1) is 0 Å². The zero-order chi connectivity index (χ0) is 13.3. The van der Waals surface area contributed by atoms with Gasteiger partial charge in [-0.1, -0.05) is 29.3 Å². The molecule has 0 atom stereocenters. The quantitative estimate of drug-likeness (QED) is 0.775. The number of nitrogens with zero attached hydrogens (tertiary/aromatic N) is 2. The fourth-order valence-electron chi connectivity index (χ4n) is 1.59. The highest BCUT2D eigenvalue weighted by Gasteiger charge is 2.12. The zero-order valence-electron chi connectivity index (χ0n) is 9.97. The van der Waals surface area contributed by atoms with Crippen molar-refractivity contribution in [1.82, 2.24) is 9.97 Å². The lowest BCUT2D eigenvalue weighted by Crippen LogP contribution is -2.03. The lowest BCUT2D eigenvalue weighted by atomic mass is 10.1. The van der Waals surface area contributed by atoms with Gasteiger partial charge in [-0.2, -0.15) is 0 Å². The van der Waals surface area contributed by atoms with Crippen LogP contribution in [-0.2, 0) is 6.42 Å². The second kappa shape index (κ2) is 5.21. The number of aromatic nitrogens is 2. The molecule has 2 aromatic rings. The van der Waals surface area contributed by atoms with Gasteiger partial charge in [0.15, 0.2) is 0 Å². The molecule has 0 saturated heterocycles. The van der Waals surface area contributed by atoms with Gasteiger partial charge < -0.3 is 0 Å². The van der Waals surface area contributed by atoms with Crippen LogP contribution in [0.5, 0.6) is 0 Å². The molecule has 0 aliphatic rings. The van der Waals surface area contributed by atoms with Gasteiger partial charge in [-0.25, -0.2) is 14.4 Å². The number of hydrogen-bond donors (Lipinski definition) is 0. The molecule has 0 radical (unpaired) electrons. The molecule has 1 aromatic carbocycles. The average molecular weight is 285 g/mol. The maximum absolute atomic E-state index is 13.6. The predicted molar refractivity (Wildman–Crippen MR) is 70.7 cm³/mol. The molecule has 18 heavy (non-hydrogen) atoms. The summed E-state index contributed by atoms with van der Waals surface area (Å²) >= 11 is 11.9. The van der Waals surface area contributed by atoms with Gasteiger partial charge in [-0.05, 0) is 26.0 Å². The molecular formula is C13H11Cl2FN2. The van der Waals surface area contributed by atoms with E-state index in [0.29, 0.717) is 21.6 Å². The fraction of sp³-hybridized carbons (Fsp3) is 0.231. The van der Waals surface area contributed by atoms with Crippen molar-refractivity contribution in [3.8, 4) is 0 Å². The van der Waals surface area contributed by atoms with Gasteiger partial charge in [0.1, 0.15) is 16.8 Å². The summed E-state index contributed by atoms with van der Waals surface area (Å²) in [5.74, 6) is 0.107. The summed E-state index contributed by atoms with van der Waals surface area (Å²) in [4.78, 5) is 8.43. The van der Waals surface area contributed by atoms with Crippen LogP contribution in [0.25, 0.3) is 0 Å².